The van der Waals surface area contributed by atoms with E-state index in [1.807, 2.05) is 52.0 Å². The van der Waals surface area contributed by atoms with Crippen molar-refractivity contribution in [3.8, 4) is 5.75 Å². The molecule has 1 unspecified atom stereocenters. The average molecular weight is 481 g/mol. The highest BCUT2D eigenvalue weighted by Gasteiger charge is 2.32. The second-order valence-corrected chi connectivity index (χ2v) is 9.88. The largest absolute Gasteiger partial charge is 0.480 e. The summed E-state index contributed by atoms with van der Waals surface area (Å²) in [5.41, 5.74) is 3.62. The lowest BCUT2D eigenvalue weighted by Crippen LogP contribution is -2.45. The number of carbonyl (C=O) groups is 2. The van der Waals surface area contributed by atoms with E-state index < -0.39 is 12.1 Å². The first-order valence-corrected chi connectivity index (χ1v) is 12.4. The van der Waals surface area contributed by atoms with Gasteiger partial charge in [0, 0.05) is 18.8 Å². The lowest BCUT2D eigenvalue weighted by Gasteiger charge is -2.37. The normalized spacial score (nSPS) is 20.8. The number of morpholine rings is 1. The predicted octanol–water partition coefficient (Wildman–Crippen LogP) is 4.89. The third-order valence-electron chi connectivity index (χ3n) is 6.66. The lowest BCUT2D eigenvalue weighted by molar-refractivity contribution is -0.123. The van der Waals surface area contributed by atoms with Crippen LogP contribution < -0.4 is 15.0 Å². The molecule has 1 aliphatic heterocycles. The van der Waals surface area contributed by atoms with E-state index in [9.17, 15) is 9.59 Å². The predicted molar refractivity (Wildman–Crippen MR) is 136 cm³/mol. The van der Waals surface area contributed by atoms with Crippen molar-refractivity contribution in [3.05, 3.63) is 53.1 Å². The molecule has 188 valence electrons. The minimum Gasteiger partial charge on any atom is -0.480 e. The molecule has 0 spiro atoms. The summed E-state index contributed by atoms with van der Waals surface area (Å²) in [7, 11) is 1.35. The minimum atomic E-state index is -0.645. The van der Waals surface area contributed by atoms with Crippen molar-refractivity contribution in [3.63, 3.8) is 0 Å². The molecule has 2 aromatic carbocycles. The van der Waals surface area contributed by atoms with Gasteiger partial charge in [-0.05, 0) is 69.4 Å². The summed E-state index contributed by atoms with van der Waals surface area (Å²) in [5, 5.41) is 2.96. The fraction of sp³-hybridized carbons (Fsp3) is 0.500. The third-order valence-corrected chi connectivity index (χ3v) is 6.66. The van der Waals surface area contributed by atoms with Crippen LogP contribution in [-0.4, -0.2) is 50.4 Å². The molecule has 4 rings (SSSR count). The number of nitrogens with one attached hydrogen (secondary N) is 1. The van der Waals surface area contributed by atoms with Crippen LogP contribution >= 0.6 is 0 Å². The average Bonchev–Trinajstić information content (AvgIpc) is 3.64. The second-order valence-electron chi connectivity index (χ2n) is 9.88. The first-order valence-electron chi connectivity index (χ1n) is 12.4. The Hall–Kier alpha value is -3.06. The molecule has 35 heavy (non-hydrogen) atoms. The fourth-order valence-electron chi connectivity index (χ4n) is 4.71. The van der Waals surface area contributed by atoms with E-state index in [0.717, 1.165) is 48.5 Å². The number of amides is 1. The van der Waals surface area contributed by atoms with E-state index >= 15 is 0 Å². The van der Waals surface area contributed by atoms with E-state index in [1.165, 1.54) is 7.11 Å². The molecule has 0 aromatic heterocycles. The molecule has 1 aliphatic carbocycles. The van der Waals surface area contributed by atoms with Gasteiger partial charge in [0.1, 0.15) is 5.75 Å². The summed E-state index contributed by atoms with van der Waals surface area (Å²) in [6.07, 6.45) is 2.40. The van der Waals surface area contributed by atoms with Gasteiger partial charge in [-0.3, -0.25) is 4.79 Å². The topological polar surface area (TPSA) is 77.1 Å². The van der Waals surface area contributed by atoms with Crippen LogP contribution in [0.5, 0.6) is 5.75 Å². The van der Waals surface area contributed by atoms with Gasteiger partial charge in [0.05, 0.1) is 30.6 Å². The third kappa shape index (κ3) is 6.14. The quantitative estimate of drug-likeness (QED) is 0.542. The Balaban J connectivity index is 1.57. The van der Waals surface area contributed by atoms with Gasteiger partial charge in [0.2, 0.25) is 0 Å². The van der Waals surface area contributed by atoms with Crippen molar-refractivity contribution in [2.45, 2.75) is 65.3 Å². The molecule has 1 heterocycles. The maximum atomic E-state index is 13.4. The Morgan fingerprint density at radius 3 is 2.34 bits per heavy atom. The van der Waals surface area contributed by atoms with Gasteiger partial charge in [-0.2, -0.15) is 0 Å². The van der Waals surface area contributed by atoms with Gasteiger partial charge in [0.25, 0.3) is 5.91 Å². The van der Waals surface area contributed by atoms with Crippen LogP contribution in [0.4, 0.5) is 11.4 Å². The number of ether oxygens (including phenoxy) is 3. The number of benzene rings is 2. The molecule has 1 amide bonds. The standard InChI is InChI=1S/C28H36N2O5/c1-17-7-6-8-18(2)26(17)35-25(13-21-9-10-21)27(31)29-24-12-11-22(14-23(24)28(32)33-5)30-15-19(3)34-20(4)16-30/h6-8,11-12,14,19-21,25H,9-10,13,15-16H2,1-5H3,(H,29,31)/t19-,20?,25-/m0/s1. The van der Waals surface area contributed by atoms with Crippen molar-refractivity contribution in [1.82, 2.24) is 0 Å². The monoisotopic (exact) mass is 480 g/mol. The number of aryl methyl sites for hydroxylation is 2. The number of para-hydroxylation sites is 1. The first kappa shape index (κ1) is 25.0. The van der Waals surface area contributed by atoms with Crippen molar-refractivity contribution in [1.29, 1.82) is 0 Å². The van der Waals surface area contributed by atoms with Crippen molar-refractivity contribution < 1.29 is 23.8 Å². The summed E-state index contributed by atoms with van der Waals surface area (Å²) in [6, 6.07) is 11.4. The van der Waals surface area contributed by atoms with Crippen molar-refractivity contribution in [2.24, 2.45) is 5.92 Å². The lowest BCUT2D eigenvalue weighted by atomic mass is 10.1. The van der Waals surface area contributed by atoms with Crippen LogP contribution in [0.15, 0.2) is 36.4 Å². The smallest absolute Gasteiger partial charge is 0.340 e. The molecule has 7 nitrogen and oxygen atoms in total. The Morgan fingerprint density at radius 1 is 1.09 bits per heavy atom. The van der Waals surface area contributed by atoms with E-state index in [0.29, 0.717) is 23.6 Å². The number of carbonyl (C=O) groups excluding carboxylic acids is 2. The van der Waals surface area contributed by atoms with E-state index in [-0.39, 0.29) is 18.1 Å². The molecule has 2 fully saturated rings. The number of rotatable bonds is 8. The molecule has 2 aromatic rings. The minimum absolute atomic E-state index is 0.0879. The molecule has 0 bridgehead atoms. The van der Waals surface area contributed by atoms with Gasteiger partial charge < -0.3 is 24.4 Å². The zero-order chi connectivity index (χ0) is 25.1. The summed E-state index contributed by atoms with van der Waals surface area (Å²) in [5.74, 6) is 0.479. The van der Waals surface area contributed by atoms with Crippen LogP contribution in [0.1, 0.15) is 54.6 Å². The van der Waals surface area contributed by atoms with E-state index in [4.69, 9.17) is 14.2 Å². The second kappa shape index (κ2) is 10.7. The molecule has 0 radical (unpaired) electrons. The summed E-state index contributed by atoms with van der Waals surface area (Å²) in [4.78, 5) is 28.3. The van der Waals surface area contributed by atoms with Gasteiger partial charge in [-0.15, -0.1) is 0 Å². The summed E-state index contributed by atoms with van der Waals surface area (Å²) in [6.45, 7) is 9.49. The van der Waals surface area contributed by atoms with Crippen molar-refractivity contribution in [2.75, 3.05) is 30.4 Å². The van der Waals surface area contributed by atoms with E-state index in [1.54, 1.807) is 12.1 Å². The molecule has 1 saturated heterocycles. The highest BCUT2D eigenvalue weighted by Crippen LogP contribution is 2.36. The van der Waals surface area contributed by atoms with Crippen LogP contribution in [0, 0.1) is 19.8 Å². The zero-order valence-corrected chi connectivity index (χ0v) is 21.3. The molecule has 1 N–H and O–H groups in total. The number of hydrogen-bond donors (Lipinski definition) is 1. The molecular formula is C28H36N2O5. The molecule has 1 saturated carbocycles. The van der Waals surface area contributed by atoms with Gasteiger partial charge in [0.15, 0.2) is 6.10 Å². The highest BCUT2D eigenvalue weighted by atomic mass is 16.5. The molecule has 2 aliphatic rings. The summed E-state index contributed by atoms with van der Waals surface area (Å²) >= 11 is 0. The van der Waals surface area contributed by atoms with Crippen molar-refractivity contribution >= 4 is 23.3 Å². The molecular weight excluding hydrogens is 444 g/mol. The number of hydrogen-bond acceptors (Lipinski definition) is 6. The maximum Gasteiger partial charge on any atom is 0.340 e. The Morgan fingerprint density at radius 2 is 1.74 bits per heavy atom. The summed E-state index contributed by atoms with van der Waals surface area (Å²) < 4.78 is 17.2. The van der Waals surface area contributed by atoms with Crippen LogP contribution in [0.2, 0.25) is 0 Å². The Kier molecular flexibility index (Phi) is 7.65. The zero-order valence-electron chi connectivity index (χ0n) is 21.3. The van der Waals surface area contributed by atoms with Crippen LogP contribution in [0.25, 0.3) is 0 Å². The van der Waals surface area contributed by atoms with Gasteiger partial charge in [-0.1, -0.05) is 31.0 Å². The number of methoxy groups -OCH3 is 1. The SMILES string of the molecule is COC(=O)c1cc(N2CC(C)O[C@@H](C)C2)ccc1NC(=O)[C@H](CC1CC1)Oc1c(C)cccc1C. The molecule has 7 heteroatoms. The number of anilines is 2. The van der Waals surface area contributed by atoms with Crippen LogP contribution in [-0.2, 0) is 14.3 Å². The Bertz CT molecular complexity index is 1050. The number of nitrogens with zero attached hydrogens (tertiary/aromatic N) is 1. The highest BCUT2D eigenvalue weighted by molar-refractivity contribution is 6.03. The maximum absolute atomic E-state index is 13.4. The van der Waals surface area contributed by atoms with E-state index in [2.05, 4.69) is 10.2 Å². The van der Waals surface area contributed by atoms with Gasteiger partial charge in [-0.25, -0.2) is 4.79 Å². The van der Waals surface area contributed by atoms with Crippen LogP contribution in [0.3, 0.4) is 0 Å². The van der Waals surface area contributed by atoms with Gasteiger partial charge >= 0.3 is 5.97 Å². The number of esters is 1. The Labute approximate surface area is 207 Å². The fourth-order valence-corrected chi connectivity index (χ4v) is 4.71. The molecule has 3 atom stereocenters. The first-order chi connectivity index (χ1) is 16.7.